The number of esters is 1. The Labute approximate surface area is 124 Å². The van der Waals surface area contributed by atoms with Crippen LogP contribution < -0.4 is 9.47 Å². The number of rotatable bonds is 7. The zero-order valence-electron chi connectivity index (χ0n) is 12.0. The molecule has 0 amide bonds. The van der Waals surface area contributed by atoms with Gasteiger partial charge in [-0.2, -0.15) is 0 Å². The highest BCUT2D eigenvalue weighted by atomic mass is 16.5. The van der Waals surface area contributed by atoms with Gasteiger partial charge in [0.05, 0.1) is 12.2 Å². The largest absolute Gasteiger partial charge is 0.490 e. The number of benzene rings is 2. The molecule has 0 unspecified atom stereocenters. The van der Waals surface area contributed by atoms with Crippen molar-refractivity contribution in [1.29, 1.82) is 0 Å². The van der Waals surface area contributed by atoms with E-state index in [9.17, 15) is 4.79 Å². The predicted molar refractivity (Wildman–Crippen MR) is 79.8 cm³/mol. The summed E-state index contributed by atoms with van der Waals surface area (Å²) in [6.45, 7) is 3.05. The zero-order valence-corrected chi connectivity index (χ0v) is 12.0. The molecule has 2 aromatic carbocycles. The summed E-state index contributed by atoms with van der Waals surface area (Å²) in [6, 6.07) is 16.4. The molecule has 0 aliphatic carbocycles. The van der Waals surface area contributed by atoms with Crippen molar-refractivity contribution < 1.29 is 19.0 Å². The maximum atomic E-state index is 11.5. The van der Waals surface area contributed by atoms with E-state index >= 15 is 0 Å². The van der Waals surface area contributed by atoms with Gasteiger partial charge < -0.3 is 14.2 Å². The molecule has 0 fully saturated rings. The summed E-state index contributed by atoms with van der Waals surface area (Å²) in [6.07, 6.45) is 0. The van der Waals surface area contributed by atoms with E-state index in [2.05, 4.69) is 0 Å². The Morgan fingerprint density at radius 3 is 2.00 bits per heavy atom. The normalized spacial score (nSPS) is 9.95. The van der Waals surface area contributed by atoms with Crippen molar-refractivity contribution in [2.45, 2.75) is 6.92 Å². The summed E-state index contributed by atoms with van der Waals surface area (Å²) in [5.41, 5.74) is 0.518. The zero-order chi connectivity index (χ0) is 14.9. The maximum Gasteiger partial charge on any atom is 0.338 e. The molecular formula is C17H18O4. The summed E-state index contributed by atoms with van der Waals surface area (Å²) in [7, 11) is 0. The van der Waals surface area contributed by atoms with E-state index in [-0.39, 0.29) is 5.97 Å². The Hall–Kier alpha value is -2.49. The Morgan fingerprint density at radius 1 is 0.857 bits per heavy atom. The minimum atomic E-state index is -0.323. The topological polar surface area (TPSA) is 44.8 Å². The molecule has 2 rings (SSSR count). The van der Waals surface area contributed by atoms with Crippen LogP contribution in [0.1, 0.15) is 17.3 Å². The van der Waals surface area contributed by atoms with Gasteiger partial charge in [0.25, 0.3) is 0 Å². The van der Waals surface area contributed by atoms with Gasteiger partial charge in [-0.25, -0.2) is 4.79 Å². The Bertz CT molecular complexity index is 549. The molecule has 0 N–H and O–H groups in total. The molecule has 4 nitrogen and oxygen atoms in total. The van der Waals surface area contributed by atoms with Crippen LogP contribution in [0.15, 0.2) is 54.6 Å². The molecule has 0 heterocycles. The fourth-order valence-corrected chi connectivity index (χ4v) is 1.74. The number of hydrogen-bond acceptors (Lipinski definition) is 4. The standard InChI is InChI=1S/C17H18O4/c1-2-19-17(18)14-8-10-16(11-9-14)21-13-12-20-15-6-4-3-5-7-15/h3-11H,2,12-13H2,1H3. The first kappa shape index (κ1) is 14.9. The molecule has 0 radical (unpaired) electrons. The van der Waals surface area contributed by atoms with Crippen LogP contribution in [0.2, 0.25) is 0 Å². The number of ether oxygens (including phenoxy) is 3. The average Bonchev–Trinajstić information content (AvgIpc) is 2.53. The van der Waals surface area contributed by atoms with Crippen LogP contribution in [-0.2, 0) is 4.74 Å². The predicted octanol–water partition coefficient (Wildman–Crippen LogP) is 3.32. The molecule has 0 aliphatic heterocycles. The number of carbonyl (C=O) groups excluding carboxylic acids is 1. The van der Waals surface area contributed by atoms with E-state index < -0.39 is 0 Å². The van der Waals surface area contributed by atoms with Crippen molar-refractivity contribution >= 4 is 5.97 Å². The third-order valence-electron chi connectivity index (χ3n) is 2.73. The second kappa shape index (κ2) is 7.94. The smallest absolute Gasteiger partial charge is 0.338 e. The van der Waals surface area contributed by atoms with Gasteiger partial charge in [-0.1, -0.05) is 18.2 Å². The molecule has 4 heteroatoms. The van der Waals surface area contributed by atoms with Gasteiger partial charge in [-0.15, -0.1) is 0 Å². The van der Waals surface area contributed by atoms with Gasteiger partial charge in [-0.3, -0.25) is 0 Å². The quantitative estimate of drug-likeness (QED) is 0.578. The summed E-state index contributed by atoms with van der Waals surface area (Å²) < 4.78 is 16.0. The van der Waals surface area contributed by atoms with E-state index in [0.29, 0.717) is 31.1 Å². The van der Waals surface area contributed by atoms with Crippen LogP contribution in [0.3, 0.4) is 0 Å². The van der Waals surface area contributed by atoms with Gasteiger partial charge in [0, 0.05) is 0 Å². The van der Waals surface area contributed by atoms with Crippen molar-refractivity contribution in [3.05, 3.63) is 60.2 Å². The molecule has 2 aromatic rings. The SMILES string of the molecule is CCOC(=O)c1ccc(OCCOc2ccccc2)cc1. The number of carbonyl (C=O) groups is 1. The lowest BCUT2D eigenvalue weighted by Gasteiger charge is -2.08. The Balaban J connectivity index is 1.75. The first-order chi connectivity index (χ1) is 10.3. The van der Waals surface area contributed by atoms with Crippen molar-refractivity contribution in [2.24, 2.45) is 0 Å². The van der Waals surface area contributed by atoms with E-state index in [1.807, 2.05) is 30.3 Å². The van der Waals surface area contributed by atoms with Gasteiger partial charge >= 0.3 is 5.97 Å². The molecule has 110 valence electrons. The summed E-state index contributed by atoms with van der Waals surface area (Å²) in [4.78, 5) is 11.5. The minimum absolute atomic E-state index is 0.323. The maximum absolute atomic E-state index is 11.5. The van der Waals surface area contributed by atoms with E-state index in [4.69, 9.17) is 14.2 Å². The first-order valence-electron chi connectivity index (χ1n) is 6.87. The lowest BCUT2D eigenvalue weighted by atomic mass is 10.2. The first-order valence-corrected chi connectivity index (χ1v) is 6.87. The number of para-hydroxylation sites is 1. The highest BCUT2D eigenvalue weighted by Gasteiger charge is 2.05. The minimum Gasteiger partial charge on any atom is -0.490 e. The highest BCUT2D eigenvalue weighted by molar-refractivity contribution is 5.89. The fraction of sp³-hybridized carbons (Fsp3) is 0.235. The third-order valence-corrected chi connectivity index (χ3v) is 2.73. The van der Waals surface area contributed by atoms with Crippen molar-refractivity contribution in [2.75, 3.05) is 19.8 Å². The van der Waals surface area contributed by atoms with Gasteiger partial charge in [-0.05, 0) is 43.3 Å². The summed E-state index contributed by atoms with van der Waals surface area (Å²) >= 11 is 0. The van der Waals surface area contributed by atoms with Gasteiger partial charge in [0.2, 0.25) is 0 Å². The molecule has 0 atom stereocenters. The van der Waals surface area contributed by atoms with Crippen molar-refractivity contribution in [3.8, 4) is 11.5 Å². The van der Waals surface area contributed by atoms with E-state index in [1.165, 1.54) is 0 Å². The third kappa shape index (κ3) is 4.84. The van der Waals surface area contributed by atoms with Gasteiger partial charge in [0.15, 0.2) is 0 Å². The molecule has 0 bridgehead atoms. The van der Waals surface area contributed by atoms with Crippen LogP contribution in [0.4, 0.5) is 0 Å². The van der Waals surface area contributed by atoms with Crippen LogP contribution in [0.5, 0.6) is 11.5 Å². The van der Waals surface area contributed by atoms with Crippen LogP contribution >= 0.6 is 0 Å². The summed E-state index contributed by atoms with van der Waals surface area (Å²) in [5.74, 6) is 1.19. The van der Waals surface area contributed by atoms with Crippen molar-refractivity contribution in [1.82, 2.24) is 0 Å². The number of hydrogen-bond donors (Lipinski definition) is 0. The Morgan fingerprint density at radius 2 is 1.43 bits per heavy atom. The lowest BCUT2D eigenvalue weighted by Crippen LogP contribution is -2.09. The monoisotopic (exact) mass is 286 g/mol. The van der Waals surface area contributed by atoms with E-state index in [1.54, 1.807) is 31.2 Å². The average molecular weight is 286 g/mol. The molecule has 0 aromatic heterocycles. The molecule has 0 saturated heterocycles. The van der Waals surface area contributed by atoms with Crippen LogP contribution in [0.25, 0.3) is 0 Å². The second-order valence-electron chi connectivity index (χ2n) is 4.25. The fourth-order valence-electron chi connectivity index (χ4n) is 1.74. The second-order valence-corrected chi connectivity index (χ2v) is 4.25. The van der Waals surface area contributed by atoms with Crippen LogP contribution in [-0.4, -0.2) is 25.8 Å². The Kier molecular flexibility index (Phi) is 5.64. The van der Waals surface area contributed by atoms with Crippen LogP contribution in [0, 0.1) is 0 Å². The molecule has 0 aliphatic rings. The lowest BCUT2D eigenvalue weighted by molar-refractivity contribution is 0.0526. The van der Waals surface area contributed by atoms with Gasteiger partial charge in [0.1, 0.15) is 24.7 Å². The van der Waals surface area contributed by atoms with Crippen molar-refractivity contribution in [3.63, 3.8) is 0 Å². The molecular weight excluding hydrogens is 268 g/mol. The highest BCUT2D eigenvalue weighted by Crippen LogP contribution is 2.13. The summed E-state index contributed by atoms with van der Waals surface area (Å²) in [5, 5.41) is 0. The molecule has 0 saturated carbocycles. The molecule has 21 heavy (non-hydrogen) atoms. The van der Waals surface area contributed by atoms with E-state index in [0.717, 1.165) is 5.75 Å². The molecule has 0 spiro atoms.